The van der Waals surface area contributed by atoms with Crippen molar-refractivity contribution in [3.8, 4) is 0 Å². The number of nitrogens with one attached hydrogen (secondary N) is 1. The summed E-state index contributed by atoms with van der Waals surface area (Å²) < 4.78 is 5.72. The molecule has 1 amide bonds. The molecule has 1 N–H and O–H groups in total. The van der Waals surface area contributed by atoms with E-state index in [1.54, 1.807) is 31.2 Å². The van der Waals surface area contributed by atoms with Gasteiger partial charge < -0.3 is 14.5 Å². The highest BCUT2D eigenvalue weighted by Gasteiger charge is 2.26. The third kappa shape index (κ3) is 5.60. The normalized spacial score (nSPS) is 13.4. The van der Waals surface area contributed by atoms with Crippen molar-refractivity contribution < 1.29 is 19.2 Å². The van der Waals surface area contributed by atoms with Crippen LogP contribution in [0.1, 0.15) is 27.6 Å². The second-order valence-electron chi connectivity index (χ2n) is 6.92. The summed E-state index contributed by atoms with van der Waals surface area (Å²) in [6, 6.07) is 11.3. The lowest BCUT2D eigenvalue weighted by Crippen LogP contribution is -2.52. The van der Waals surface area contributed by atoms with Crippen LogP contribution in [0.25, 0.3) is 0 Å². The van der Waals surface area contributed by atoms with E-state index in [2.05, 4.69) is 21.2 Å². The van der Waals surface area contributed by atoms with Crippen LogP contribution in [0.2, 0.25) is 0 Å². The second-order valence-corrected chi connectivity index (χ2v) is 8.23. The number of hydrogen-bond acceptors (Lipinski definition) is 7. The minimum Gasteiger partial charge on any atom is -0.462 e. The number of thiocarbonyl (C=S) groups is 1. The molecule has 0 spiro atoms. The first kappa shape index (κ1) is 23.6. The third-order valence-corrected chi connectivity index (χ3v) is 5.75. The zero-order valence-electron chi connectivity index (χ0n) is 17.2. The molecule has 9 nitrogen and oxygen atoms in total. The Hall–Kier alpha value is -3.05. The maximum absolute atomic E-state index is 12.4. The fourth-order valence-electron chi connectivity index (χ4n) is 3.31. The number of rotatable bonds is 5. The molecular formula is C21H21BrN4O5S. The molecule has 1 heterocycles. The van der Waals surface area contributed by atoms with Crippen molar-refractivity contribution in [3.63, 3.8) is 0 Å². The lowest BCUT2D eigenvalue weighted by atomic mass is 10.1. The van der Waals surface area contributed by atoms with Crippen LogP contribution >= 0.6 is 28.1 Å². The highest BCUT2D eigenvalue weighted by Crippen LogP contribution is 2.30. The van der Waals surface area contributed by atoms with Crippen LogP contribution in [0, 0.1) is 10.1 Å². The SMILES string of the molecule is CCOC(=O)c1ccc(N2CCN(C(=S)NC(=O)c3cccc(Br)c3)CC2)c([N+](=O)[O-])c1. The minimum atomic E-state index is -0.599. The number of halogens is 1. The van der Waals surface area contributed by atoms with Gasteiger partial charge in [-0.05, 0) is 49.5 Å². The summed E-state index contributed by atoms with van der Waals surface area (Å²) >= 11 is 8.72. The maximum Gasteiger partial charge on any atom is 0.338 e. The van der Waals surface area contributed by atoms with Gasteiger partial charge in [0.15, 0.2) is 5.11 Å². The van der Waals surface area contributed by atoms with Gasteiger partial charge in [-0.1, -0.05) is 22.0 Å². The number of carbonyl (C=O) groups excluding carboxylic acids is 2. The number of nitro groups is 1. The van der Waals surface area contributed by atoms with E-state index in [0.29, 0.717) is 42.5 Å². The van der Waals surface area contributed by atoms with Crippen molar-refractivity contribution in [1.82, 2.24) is 10.2 Å². The standard InChI is InChI=1S/C21H21BrN4O5S/c1-2-31-20(28)15-6-7-17(18(13-15)26(29)30)24-8-10-25(11-9-24)21(32)23-19(27)14-4-3-5-16(22)12-14/h3-7,12-13H,2,8-11H2,1H3,(H,23,27,32). The fraction of sp³-hybridized carbons (Fsp3) is 0.286. The fourth-order valence-corrected chi connectivity index (χ4v) is 3.98. The average Bonchev–Trinajstić information content (AvgIpc) is 2.78. The molecule has 1 fully saturated rings. The molecule has 0 bridgehead atoms. The van der Waals surface area contributed by atoms with Gasteiger partial charge in [-0.15, -0.1) is 0 Å². The summed E-state index contributed by atoms with van der Waals surface area (Å²) in [6.07, 6.45) is 0. The number of nitrogens with zero attached hydrogens (tertiary/aromatic N) is 3. The predicted molar refractivity (Wildman–Crippen MR) is 127 cm³/mol. The molecule has 0 aromatic heterocycles. The summed E-state index contributed by atoms with van der Waals surface area (Å²) in [5.74, 6) is -0.901. The largest absolute Gasteiger partial charge is 0.462 e. The summed E-state index contributed by atoms with van der Waals surface area (Å²) in [5.41, 5.74) is 0.886. The molecule has 3 rings (SSSR count). The van der Waals surface area contributed by atoms with Crippen LogP contribution in [0.4, 0.5) is 11.4 Å². The van der Waals surface area contributed by atoms with Crippen LogP contribution in [-0.4, -0.2) is 59.6 Å². The van der Waals surface area contributed by atoms with Crippen molar-refractivity contribution in [1.29, 1.82) is 0 Å². The van der Waals surface area contributed by atoms with E-state index >= 15 is 0 Å². The topological polar surface area (TPSA) is 105 Å². The number of benzene rings is 2. The number of hydrogen-bond donors (Lipinski definition) is 1. The van der Waals surface area contributed by atoms with Crippen LogP contribution in [0.3, 0.4) is 0 Å². The van der Waals surface area contributed by atoms with Crippen molar-refractivity contribution in [2.75, 3.05) is 37.7 Å². The van der Waals surface area contributed by atoms with Gasteiger partial charge in [0.25, 0.3) is 11.6 Å². The first-order valence-corrected chi connectivity index (χ1v) is 11.1. The lowest BCUT2D eigenvalue weighted by molar-refractivity contribution is -0.384. The van der Waals surface area contributed by atoms with E-state index in [0.717, 1.165) is 4.47 Å². The van der Waals surface area contributed by atoms with Crippen LogP contribution < -0.4 is 10.2 Å². The van der Waals surface area contributed by atoms with Gasteiger partial charge in [-0.2, -0.15) is 0 Å². The first-order valence-electron chi connectivity index (χ1n) is 9.86. The summed E-state index contributed by atoms with van der Waals surface area (Å²) in [7, 11) is 0. The summed E-state index contributed by atoms with van der Waals surface area (Å²) in [6.45, 7) is 3.75. The van der Waals surface area contributed by atoms with Gasteiger partial charge >= 0.3 is 5.97 Å². The Morgan fingerprint density at radius 3 is 2.50 bits per heavy atom. The van der Waals surface area contributed by atoms with Gasteiger partial charge in [-0.25, -0.2) is 4.79 Å². The van der Waals surface area contributed by atoms with Gasteiger partial charge in [-0.3, -0.25) is 20.2 Å². The zero-order chi connectivity index (χ0) is 23.3. The van der Waals surface area contributed by atoms with Crippen LogP contribution in [0.5, 0.6) is 0 Å². The maximum atomic E-state index is 12.4. The van der Waals surface area contributed by atoms with E-state index in [4.69, 9.17) is 17.0 Å². The monoisotopic (exact) mass is 520 g/mol. The number of esters is 1. The molecule has 1 saturated heterocycles. The minimum absolute atomic E-state index is 0.136. The van der Waals surface area contributed by atoms with Gasteiger partial charge in [0.1, 0.15) is 5.69 Å². The summed E-state index contributed by atoms with van der Waals surface area (Å²) in [4.78, 5) is 39.1. The van der Waals surface area contributed by atoms with Crippen molar-refractivity contribution in [3.05, 3.63) is 68.2 Å². The van der Waals surface area contributed by atoms with E-state index in [1.165, 1.54) is 12.1 Å². The zero-order valence-corrected chi connectivity index (χ0v) is 19.6. The molecule has 1 aliphatic rings. The van der Waals surface area contributed by atoms with Gasteiger partial charge in [0.2, 0.25) is 0 Å². The van der Waals surface area contributed by atoms with E-state index in [-0.39, 0.29) is 23.8 Å². The molecule has 0 saturated carbocycles. The Balaban J connectivity index is 1.65. The predicted octanol–water partition coefficient (Wildman–Crippen LogP) is 3.37. The molecular weight excluding hydrogens is 500 g/mol. The first-order chi connectivity index (χ1) is 15.3. The molecule has 2 aromatic carbocycles. The highest BCUT2D eigenvalue weighted by molar-refractivity contribution is 9.10. The molecule has 0 unspecified atom stereocenters. The third-order valence-electron chi connectivity index (χ3n) is 4.90. The van der Waals surface area contributed by atoms with E-state index in [1.807, 2.05) is 15.9 Å². The Bertz CT molecular complexity index is 1060. The number of carbonyl (C=O) groups is 2. The molecule has 11 heteroatoms. The molecule has 32 heavy (non-hydrogen) atoms. The molecule has 0 radical (unpaired) electrons. The number of amides is 1. The van der Waals surface area contributed by atoms with Crippen LogP contribution in [-0.2, 0) is 4.74 Å². The molecule has 1 aliphatic heterocycles. The van der Waals surface area contributed by atoms with Crippen molar-refractivity contribution in [2.45, 2.75) is 6.92 Å². The molecule has 0 atom stereocenters. The smallest absolute Gasteiger partial charge is 0.338 e. The van der Waals surface area contributed by atoms with Gasteiger partial charge in [0.05, 0.1) is 17.1 Å². The van der Waals surface area contributed by atoms with E-state index in [9.17, 15) is 19.7 Å². The van der Waals surface area contributed by atoms with Crippen molar-refractivity contribution >= 4 is 56.5 Å². The Morgan fingerprint density at radius 2 is 1.88 bits per heavy atom. The average molecular weight is 521 g/mol. The van der Waals surface area contributed by atoms with E-state index < -0.39 is 10.9 Å². The molecule has 0 aliphatic carbocycles. The highest BCUT2D eigenvalue weighted by atomic mass is 79.9. The molecule has 2 aromatic rings. The second kappa shape index (κ2) is 10.5. The quantitative estimate of drug-likeness (QED) is 0.277. The number of ether oxygens (including phenoxy) is 1. The van der Waals surface area contributed by atoms with Crippen LogP contribution in [0.15, 0.2) is 46.9 Å². The Kier molecular flexibility index (Phi) is 7.75. The number of anilines is 1. The summed E-state index contributed by atoms with van der Waals surface area (Å²) in [5, 5.41) is 14.6. The number of nitro benzene ring substituents is 1. The lowest BCUT2D eigenvalue weighted by Gasteiger charge is -2.37. The number of piperazine rings is 1. The Morgan fingerprint density at radius 1 is 1.16 bits per heavy atom. The Labute approximate surface area is 198 Å². The van der Waals surface area contributed by atoms with Gasteiger partial charge in [0, 0.05) is 42.3 Å². The molecule has 168 valence electrons. The van der Waals surface area contributed by atoms with Crippen molar-refractivity contribution in [2.24, 2.45) is 0 Å².